The van der Waals surface area contributed by atoms with Gasteiger partial charge in [-0.05, 0) is 44.4 Å². The van der Waals surface area contributed by atoms with Crippen LogP contribution in [0.3, 0.4) is 0 Å². The van der Waals surface area contributed by atoms with Crippen LogP contribution in [0.5, 0.6) is 0 Å². The van der Waals surface area contributed by atoms with Gasteiger partial charge in [0.1, 0.15) is 0 Å². The molecule has 0 saturated carbocycles. The second-order valence-corrected chi connectivity index (χ2v) is 4.54. The molecule has 0 aliphatic heterocycles. The van der Waals surface area contributed by atoms with E-state index >= 15 is 0 Å². The Morgan fingerprint density at radius 3 is 2.78 bits per heavy atom. The third kappa shape index (κ3) is 2.73. The van der Waals surface area contributed by atoms with Crippen molar-refractivity contribution in [3.05, 3.63) is 41.0 Å². The molecule has 0 spiro atoms. The van der Waals surface area contributed by atoms with Gasteiger partial charge < -0.3 is 5.73 Å². The minimum absolute atomic E-state index is 0.0614. The van der Waals surface area contributed by atoms with E-state index in [0.29, 0.717) is 0 Å². The Morgan fingerprint density at radius 1 is 1.33 bits per heavy atom. The zero-order valence-corrected chi connectivity index (χ0v) is 11.1. The van der Waals surface area contributed by atoms with E-state index in [9.17, 15) is 0 Å². The summed E-state index contributed by atoms with van der Waals surface area (Å²) in [5.41, 5.74) is 10.3. The maximum Gasteiger partial charge on any atom is 0.0648 e. The first-order valence-corrected chi connectivity index (χ1v) is 6.18. The van der Waals surface area contributed by atoms with Crippen molar-refractivity contribution in [1.82, 2.24) is 20.0 Å². The third-order valence-electron chi connectivity index (χ3n) is 3.01. The molecule has 5 heteroatoms. The maximum atomic E-state index is 6.24. The second kappa shape index (κ2) is 5.27. The molecule has 2 aromatic heterocycles. The molecule has 0 aliphatic carbocycles. The molecule has 1 atom stereocenters. The fourth-order valence-electron chi connectivity index (χ4n) is 1.99. The summed E-state index contributed by atoms with van der Waals surface area (Å²) in [6.07, 6.45) is 4.68. The SMILES string of the molecule is CCn1cc(CC(N)c2cc(C)nnc2C)cn1. The summed E-state index contributed by atoms with van der Waals surface area (Å²) in [7, 11) is 0. The predicted octanol–water partition coefficient (Wildman–Crippen LogP) is 1.55. The van der Waals surface area contributed by atoms with E-state index in [1.165, 1.54) is 0 Å². The van der Waals surface area contributed by atoms with Crippen molar-refractivity contribution in [3.63, 3.8) is 0 Å². The van der Waals surface area contributed by atoms with Crippen LogP contribution >= 0.6 is 0 Å². The normalized spacial score (nSPS) is 12.7. The summed E-state index contributed by atoms with van der Waals surface area (Å²) in [4.78, 5) is 0. The first-order chi connectivity index (χ1) is 8.60. The Hall–Kier alpha value is -1.75. The highest BCUT2D eigenvalue weighted by atomic mass is 15.3. The largest absolute Gasteiger partial charge is 0.324 e. The van der Waals surface area contributed by atoms with E-state index in [1.807, 2.05) is 37.0 Å². The fraction of sp³-hybridized carbons (Fsp3) is 0.462. The molecule has 0 bridgehead atoms. The lowest BCUT2D eigenvalue weighted by atomic mass is 10.0. The number of nitrogens with two attached hydrogens (primary N) is 1. The van der Waals surface area contributed by atoms with Crippen LogP contribution in [0.25, 0.3) is 0 Å². The molecule has 1 unspecified atom stereocenters. The van der Waals surface area contributed by atoms with E-state index in [0.717, 1.165) is 35.5 Å². The first kappa shape index (κ1) is 12.7. The van der Waals surface area contributed by atoms with Gasteiger partial charge in [-0.25, -0.2) is 0 Å². The molecule has 0 radical (unpaired) electrons. The van der Waals surface area contributed by atoms with Gasteiger partial charge in [0, 0.05) is 18.8 Å². The van der Waals surface area contributed by atoms with E-state index in [-0.39, 0.29) is 6.04 Å². The first-order valence-electron chi connectivity index (χ1n) is 6.18. The van der Waals surface area contributed by atoms with Crippen LogP contribution in [-0.2, 0) is 13.0 Å². The number of rotatable bonds is 4. The highest BCUT2D eigenvalue weighted by Gasteiger charge is 2.12. The molecule has 2 heterocycles. The van der Waals surface area contributed by atoms with Crippen LogP contribution in [0.4, 0.5) is 0 Å². The maximum absolute atomic E-state index is 6.24. The molecule has 5 nitrogen and oxygen atoms in total. The monoisotopic (exact) mass is 245 g/mol. The minimum atomic E-state index is -0.0614. The fourth-order valence-corrected chi connectivity index (χ4v) is 1.99. The van der Waals surface area contributed by atoms with Crippen molar-refractivity contribution >= 4 is 0 Å². The van der Waals surface area contributed by atoms with Gasteiger partial charge >= 0.3 is 0 Å². The molecule has 18 heavy (non-hydrogen) atoms. The average molecular weight is 245 g/mol. The lowest BCUT2D eigenvalue weighted by Crippen LogP contribution is -2.16. The molecule has 2 aromatic rings. The van der Waals surface area contributed by atoms with Gasteiger partial charge in [-0.1, -0.05) is 0 Å². The minimum Gasteiger partial charge on any atom is -0.324 e. The topological polar surface area (TPSA) is 69.6 Å². The van der Waals surface area contributed by atoms with E-state index in [1.54, 1.807) is 0 Å². The van der Waals surface area contributed by atoms with Gasteiger partial charge in [0.15, 0.2) is 0 Å². The van der Waals surface area contributed by atoms with Crippen molar-refractivity contribution in [2.24, 2.45) is 5.73 Å². The van der Waals surface area contributed by atoms with Gasteiger partial charge in [0.2, 0.25) is 0 Å². The molecule has 96 valence electrons. The summed E-state index contributed by atoms with van der Waals surface area (Å²) in [5, 5.41) is 12.4. The molecule has 0 amide bonds. The zero-order valence-electron chi connectivity index (χ0n) is 11.1. The third-order valence-corrected chi connectivity index (χ3v) is 3.01. The number of aromatic nitrogens is 4. The molecule has 0 aromatic carbocycles. The Kier molecular flexibility index (Phi) is 3.72. The average Bonchev–Trinajstić information content (AvgIpc) is 2.80. The predicted molar refractivity (Wildman–Crippen MR) is 70.0 cm³/mol. The molecular weight excluding hydrogens is 226 g/mol. The summed E-state index contributed by atoms with van der Waals surface area (Å²) in [6, 6.07) is 1.95. The van der Waals surface area contributed by atoms with Gasteiger partial charge in [-0.2, -0.15) is 15.3 Å². The van der Waals surface area contributed by atoms with Crippen LogP contribution in [0.15, 0.2) is 18.5 Å². The Balaban J connectivity index is 2.16. The van der Waals surface area contributed by atoms with E-state index in [2.05, 4.69) is 22.2 Å². The summed E-state index contributed by atoms with van der Waals surface area (Å²) in [5.74, 6) is 0. The van der Waals surface area contributed by atoms with Crippen molar-refractivity contribution in [2.45, 2.75) is 39.8 Å². The smallest absolute Gasteiger partial charge is 0.0648 e. The van der Waals surface area contributed by atoms with Gasteiger partial charge in [-0.3, -0.25) is 4.68 Å². The van der Waals surface area contributed by atoms with Crippen LogP contribution < -0.4 is 5.73 Å². The number of aryl methyl sites for hydroxylation is 3. The lowest BCUT2D eigenvalue weighted by molar-refractivity contribution is 0.656. The van der Waals surface area contributed by atoms with Crippen molar-refractivity contribution in [1.29, 1.82) is 0 Å². The lowest BCUT2D eigenvalue weighted by Gasteiger charge is -2.13. The Bertz CT molecular complexity index is 532. The molecule has 2 N–H and O–H groups in total. The van der Waals surface area contributed by atoms with Crippen LogP contribution in [0.2, 0.25) is 0 Å². The van der Waals surface area contributed by atoms with E-state index in [4.69, 9.17) is 5.73 Å². The van der Waals surface area contributed by atoms with Crippen LogP contribution in [0.1, 0.15) is 35.5 Å². The van der Waals surface area contributed by atoms with Crippen LogP contribution in [0, 0.1) is 13.8 Å². The quantitative estimate of drug-likeness (QED) is 0.887. The second-order valence-electron chi connectivity index (χ2n) is 4.54. The summed E-state index contributed by atoms with van der Waals surface area (Å²) >= 11 is 0. The Labute approximate surface area is 107 Å². The molecule has 0 aliphatic rings. The Morgan fingerprint density at radius 2 is 2.11 bits per heavy atom. The van der Waals surface area contributed by atoms with Crippen molar-refractivity contribution in [3.8, 4) is 0 Å². The molecular formula is C13H19N5. The van der Waals surface area contributed by atoms with E-state index < -0.39 is 0 Å². The highest BCUT2D eigenvalue weighted by molar-refractivity contribution is 5.25. The summed E-state index contributed by atoms with van der Waals surface area (Å²) in [6.45, 7) is 6.82. The summed E-state index contributed by atoms with van der Waals surface area (Å²) < 4.78 is 1.91. The van der Waals surface area contributed by atoms with Gasteiger partial charge in [-0.15, -0.1) is 0 Å². The molecule has 0 saturated heterocycles. The molecule has 2 rings (SSSR count). The van der Waals surface area contributed by atoms with Crippen LogP contribution in [-0.4, -0.2) is 20.0 Å². The standard InChI is InChI=1S/C13H19N5/c1-4-18-8-11(7-15-18)6-13(14)12-5-9(2)16-17-10(12)3/h5,7-8,13H,4,6,14H2,1-3H3. The van der Waals surface area contributed by atoms with Gasteiger partial charge in [0.05, 0.1) is 17.6 Å². The highest BCUT2D eigenvalue weighted by Crippen LogP contribution is 2.18. The zero-order chi connectivity index (χ0) is 13.1. The number of hydrogen-bond acceptors (Lipinski definition) is 4. The van der Waals surface area contributed by atoms with Crippen molar-refractivity contribution in [2.75, 3.05) is 0 Å². The molecule has 0 fully saturated rings. The number of hydrogen-bond donors (Lipinski definition) is 1. The van der Waals surface area contributed by atoms with Gasteiger partial charge in [0.25, 0.3) is 0 Å². The number of nitrogens with zero attached hydrogens (tertiary/aromatic N) is 4. The van der Waals surface area contributed by atoms with Crippen molar-refractivity contribution < 1.29 is 0 Å².